The number of urea groups is 1. The van der Waals surface area contributed by atoms with Gasteiger partial charge in [-0.2, -0.15) is 0 Å². The lowest BCUT2D eigenvalue weighted by Crippen LogP contribution is -2.43. The van der Waals surface area contributed by atoms with Gasteiger partial charge >= 0.3 is 6.03 Å². The Labute approximate surface area is 100 Å². The van der Waals surface area contributed by atoms with E-state index in [9.17, 15) is 9.00 Å². The smallest absolute Gasteiger partial charge is 0.317 e. The highest BCUT2D eigenvalue weighted by atomic mass is 32.2. The second-order valence-corrected chi connectivity index (χ2v) is 6.18. The lowest BCUT2D eigenvalue weighted by Gasteiger charge is -2.27. The number of carbonyl (C=O) groups excluding carboxylic acids is 1. The van der Waals surface area contributed by atoms with Crippen LogP contribution in [0.4, 0.5) is 4.79 Å². The summed E-state index contributed by atoms with van der Waals surface area (Å²) in [5, 5.41) is 3.05. The Morgan fingerprint density at radius 2 is 2.00 bits per heavy atom. The minimum atomic E-state index is -0.795. The second-order valence-electron chi connectivity index (χ2n) is 4.38. The van der Waals surface area contributed by atoms with Gasteiger partial charge in [0.05, 0.1) is 0 Å². The first-order valence-corrected chi connectivity index (χ1v) is 7.58. The quantitative estimate of drug-likeness (QED) is 0.814. The van der Waals surface area contributed by atoms with Crippen LogP contribution in [0.5, 0.6) is 0 Å². The summed E-state index contributed by atoms with van der Waals surface area (Å²) in [6.07, 6.45) is 5.95. The van der Waals surface area contributed by atoms with Crippen molar-refractivity contribution in [3.05, 3.63) is 0 Å². The van der Waals surface area contributed by atoms with E-state index in [0.29, 0.717) is 6.54 Å². The van der Waals surface area contributed by atoms with E-state index in [0.717, 1.165) is 32.4 Å². The molecule has 94 valence electrons. The van der Waals surface area contributed by atoms with E-state index >= 15 is 0 Å². The average Bonchev–Trinajstić information content (AvgIpc) is 2.29. The van der Waals surface area contributed by atoms with Gasteiger partial charge in [-0.3, -0.25) is 4.21 Å². The molecule has 0 saturated carbocycles. The van der Waals surface area contributed by atoms with Crippen molar-refractivity contribution in [1.82, 2.24) is 10.2 Å². The van der Waals surface area contributed by atoms with Gasteiger partial charge in [-0.15, -0.1) is 0 Å². The molecule has 5 heteroatoms. The van der Waals surface area contributed by atoms with Gasteiger partial charge in [0.1, 0.15) is 0 Å². The molecule has 2 amide bonds. The van der Waals surface area contributed by atoms with E-state index in [1.165, 1.54) is 6.42 Å². The summed E-state index contributed by atoms with van der Waals surface area (Å²) in [7, 11) is -0.795. The van der Waals surface area contributed by atoms with Crippen molar-refractivity contribution in [2.45, 2.75) is 37.9 Å². The van der Waals surface area contributed by atoms with Gasteiger partial charge in [-0.1, -0.05) is 6.92 Å². The monoisotopic (exact) mass is 246 g/mol. The lowest BCUT2D eigenvalue weighted by molar-refractivity contribution is 0.186. The van der Waals surface area contributed by atoms with E-state index in [-0.39, 0.29) is 11.3 Å². The predicted molar refractivity (Wildman–Crippen MR) is 67.0 cm³/mol. The Kier molecular flexibility index (Phi) is 5.80. The fourth-order valence-corrected chi connectivity index (χ4v) is 2.21. The predicted octanol–water partition coefficient (Wildman–Crippen LogP) is 1.34. The SMILES string of the molecule is CC(CCNC(=O)N1CCCCC1)S(C)=O. The van der Waals surface area contributed by atoms with Gasteiger partial charge in [0.15, 0.2) is 0 Å². The maximum Gasteiger partial charge on any atom is 0.317 e. The van der Waals surface area contributed by atoms with Crippen LogP contribution in [-0.4, -0.2) is 46.3 Å². The summed E-state index contributed by atoms with van der Waals surface area (Å²) in [5.41, 5.74) is 0. The van der Waals surface area contributed by atoms with Crippen LogP contribution in [0, 0.1) is 0 Å². The zero-order valence-corrected chi connectivity index (χ0v) is 11.0. The van der Waals surface area contributed by atoms with E-state index in [1.807, 2.05) is 11.8 Å². The van der Waals surface area contributed by atoms with Crippen LogP contribution in [0.25, 0.3) is 0 Å². The van der Waals surface area contributed by atoms with Crippen LogP contribution in [0.2, 0.25) is 0 Å². The van der Waals surface area contributed by atoms with Gasteiger partial charge in [0.25, 0.3) is 0 Å². The van der Waals surface area contributed by atoms with Crippen molar-refractivity contribution in [3.63, 3.8) is 0 Å². The fourth-order valence-electron chi connectivity index (χ4n) is 1.76. The van der Waals surface area contributed by atoms with E-state index in [2.05, 4.69) is 5.32 Å². The third-order valence-electron chi connectivity index (χ3n) is 3.04. The number of hydrogen-bond acceptors (Lipinski definition) is 2. The highest BCUT2D eigenvalue weighted by molar-refractivity contribution is 7.84. The molecular formula is C11H22N2O2S. The molecule has 0 bridgehead atoms. The van der Waals surface area contributed by atoms with Gasteiger partial charge in [0.2, 0.25) is 0 Å². The maximum absolute atomic E-state index is 11.7. The zero-order valence-electron chi connectivity index (χ0n) is 10.2. The Hall–Kier alpha value is -0.580. The summed E-state index contributed by atoms with van der Waals surface area (Å²) in [4.78, 5) is 13.6. The maximum atomic E-state index is 11.7. The van der Waals surface area contributed by atoms with Crippen LogP contribution < -0.4 is 5.32 Å². The number of nitrogens with one attached hydrogen (secondary N) is 1. The first-order valence-electron chi connectivity index (χ1n) is 5.96. The number of carbonyl (C=O) groups is 1. The number of nitrogens with zero attached hydrogens (tertiary/aromatic N) is 1. The number of rotatable bonds is 4. The molecule has 1 rings (SSSR count). The third kappa shape index (κ3) is 4.51. The Morgan fingerprint density at radius 1 is 1.38 bits per heavy atom. The minimum Gasteiger partial charge on any atom is -0.338 e. The molecule has 1 fully saturated rings. The van der Waals surface area contributed by atoms with E-state index in [4.69, 9.17) is 0 Å². The van der Waals surface area contributed by atoms with E-state index in [1.54, 1.807) is 6.26 Å². The van der Waals surface area contributed by atoms with Crippen molar-refractivity contribution < 1.29 is 9.00 Å². The van der Waals surface area contributed by atoms with Crippen LogP contribution in [0.3, 0.4) is 0 Å². The molecule has 1 heterocycles. The molecule has 1 saturated heterocycles. The molecule has 0 spiro atoms. The normalized spacial score (nSPS) is 20.2. The van der Waals surface area contributed by atoms with Gasteiger partial charge < -0.3 is 10.2 Å². The van der Waals surface area contributed by atoms with Crippen molar-refractivity contribution in [2.75, 3.05) is 25.9 Å². The van der Waals surface area contributed by atoms with E-state index < -0.39 is 10.8 Å². The summed E-state index contributed by atoms with van der Waals surface area (Å²) in [6.45, 7) is 4.32. The molecule has 1 aliphatic heterocycles. The summed E-state index contributed by atoms with van der Waals surface area (Å²) < 4.78 is 11.1. The standard InChI is InChI=1S/C11H22N2O2S/c1-10(16(2)15)6-7-12-11(14)13-8-4-3-5-9-13/h10H,3-9H2,1-2H3,(H,12,14). The largest absolute Gasteiger partial charge is 0.338 e. The molecule has 16 heavy (non-hydrogen) atoms. The zero-order chi connectivity index (χ0) is 12.0. The van der Waals surface area contributed by atoms with Crippen LogP contribution in [-0.2, 0) is 10.8 Å². The first-order chi connectivity index (χ1) is 7.61. The van der Waals surface area contributed by atoms with Gasteiger partial charge in [-0.25, -0.2) is 4.79 Å². The third-order valence-corrected chi connectivity index (χ3v) is 4.41. The van der Waals surface area contributed by atoms with Crippen LogP contribution in [0.15, 0.2) is 0 Å². The molecule has 2 atom stereocenters. The second kappa shape index (κ2) is 6.89. The summed E-state index contributed by atoms with van der Waals surface area (Å²) in [6, 6.07) is 0.0359. The minimum absolute atomic E-state index is 0.0359. The molecule has 0 aromatic carbocycles. The molecule has 0 aliphatic carbocycles. The number of hydrogen-bond donors (Lipinski definition) is 1. The molecule has 1 aliphatic rings. The van der Waals surface area contributed by atoms with Crippen molar-refractivity contribution in [3.8, 4) is 0 Å². The highest BCUT2D eigenvalue weighted by Crippen LogP contribution is 2.08. The molecule has 0 aromatic heterocycles. The summed E-state index contributed by atoms with van der Waals surface area (Å²) in [5.74, 6) is 0. The van der Waals surface area contributed by atoms with Crippen molar-refractivity contribution in [1.29, 1.82) is 0 Å². The molecule has 0 radical (unpaired) electrons. The average molecular weight is 246 g/mol. The topological polar surface area (TPSA) is 49.4 Å². The van der Waals surface area contributed by atoms with Crippen molar-refractivity contribution >= 4 is 16.8 Å². The number of amides is 2. The Morgan fingerprint density at radius 3 is 2.56 bits per heavy atom. The van der Waals surface area contributed by atoms with Gasteiger partial charge in [0, 0.05) is 41.9 Å². The molecule has 4 nitrogen and oxygen atoms in total. The van der Waals surface area contributed by atoms with Crippen LogP contribution >= 0.6 is 0 Å². The van der Waals surface area contributed by atoms with Crippen molar-refractivity contribution in [2.24, 2.45) is 0 Å². The Bertz CT molecular complexity index is 252. The highest BCUT2D eigenvalue weighted by Gasteiger charge is 2.16. The lowest BCUT2D eigenvalue weighted by atomic mass is 10.1. The first kappa shape index (κ1) is 13.5. The molecular weight excluding hydrogens is 224 g/mol. The molecule has 0 aromatic rings. The molecule has 1 N–H and O–H groups in total. The Balaban J connectivity index is 2.16. The van der Waals surface area contributed by atoms with Crippen LogP contribution in [0.1, 0.15) is 32.6 Å². The summed E-state index contributed by atoms with van der Waals surface area (Å²) >= 11 is 0. The fraction of sp³-hybridized carbons (Fsp3) is 0.909. The molecule has 2 unspecified atom stereocenters. The number of piperidine rings is 1. The number of likely N-dealkylation sites (tertiary alicyclic amines) is 1. The van der Waals surface area contributed by atoms with Gasteiger partial charge in [-0.05, 0) is 25.7 Å².